The molecule has 7 nitrogen and oxygen atoms in total. The van der Waals surface area contributed by atoms with Crippen LogP contribution in [0.25, 0.3) is 22.3 Å². The van der Waals surface area contributed by atoms with E-state index in [0.717, 1.165) is 58.5 Å². The summed E-state index contributed by atoms with van der Waals surface area (Å²) in [5.74, 6) is 0.206. The van der Waals surface area contributed by atoms with Crippen molar-refractivity contribution in [1.82, 2.24) is 19.7 Å². The van der Waals surface area contributed by atoms with Gasteiger partial charge in [0.15, 0.2) is 0 Å². The first kappa shape index (κ1) is 25.0. The maximum Gasteiger partial charge on any atom is 0.249 e. The number of aryl methyl sites for hydroxylation is 1. The number of hydrogen-bond acceptors (Lipinski definition) is 5. The molecule has 1 saturated heterocycles. The van der Waals surface area contributed by atoms with Crippen LogP contribution in [0.4, 0.5) is 0 Å². The van der Waals surface area contributed by atoms with Gasteiger partial charge in [-0.1, -0.05) is 25.1 Å². The van der Waals surface area contributed by atoms with Crippen LogP contribution in [-0.4, -0.2) is 51.8 Å². The Morgan fingerprint density at radius 2 is 1.97 bits per heavy atom. The van der Waals surface area contributed by atoms with Crippen LogP contribution in [0.15, 0.2) is 54.7 Å². The summed E-state index contributed by atoms with van der Waals surface area (Å²) in [5, 5.41) is 5.76. The molecule has 0 bridgehead atoms. The summed E-state index contributed by atoms with van der Waals surface area (Å²) < 4.78 is 8.16. The zero-order chi connectivity index (χ0) is 26.1. The van der Waals surface area contributed by atoms with Gasteiger partial charge in [0.25, 0.3) is 0 Å². The van der Waals surface area contributed by atoms with E-state index in [0.29, 0.717) is 24.0 Å². The summed E-state index contributed by atoms with van der Waals surface area (Å²) in [6.45, 7) is 8.68. The number of para-hydroxylation sites is 1. The van der Waals surface area contributed by atoms with E-state index >= 15 is 0 Å². The van der Waals surface area contributed by atoms with E-state index in [-0.39, 0.29) is 5.92 Å². The lowest BCUT2D eigenvalue weighted by Crippen LogP contribution is -2.30. The lowest BCUT2D eigenvalue weighted by molar-refractivity contribution is 0.0999. The molecule has 2 N–H and O–H groups in total. The fourth-order valence-electron chi connectivity index (χ4n) is 5.41. The fraction of sp³-hybridized carbons (Fsp3) is 0.367. The summed E-state index contributed by atoms with van der Waals surface area (Å²) in [6, 6.07) is 16.5. The number of carbonyl (C=O) groups excluding carboxylic acids is 1. The summed E-state index contributed by atoms with van der Waals surface area (Å²) in [4.78, 5) is 19.7. The lowest BCUT2D eigenvalue weighted by Gasteiger charge is -2.23. The maximum absolute atomic E-state index is 12.4. The Morgan fingerprint density at radius 3 is 2.68 bits per heavy atom. The number of ether oxygens (including phenoxy) is 1. The van der Waals surface area contributed by atoms with E-state index in [2.05, 4.69) is 49.1 Å². The molecule has 0 radical (unpaired) electrons. The Balaban J connectivity index is 1.58. The van der Waals surface area contributed by atoms with Crippen LogP contribution >= 0.6 is 0 Å². The number of pyridine rings is 1. The largest absolute Gasteiger partial charge is 0.492 e. The molecule has 2 aromatic carbocycles. The molecule has 1 amide bonds. The Labute approximate surface area is 218 Å². The van der Waals surface area contributed by atoms with Crippen LogP contribution in [-0.2, 0) is 6.54 Å². The number of benzene rings is 2. The first-order chi connectivity index (χ1) is 17.9. The van der Waals surface area contributed by atoms with Crippen molar-refractivity contribution in [3.63, 3.8) is 0 Å². The number of nitrogens with zero attached hydrogens (tertiary/aromatic N) is 4. The molecule has 3 heterocycles. The van der Waals surface area contributed by atoms with Gasteiger partial charge in [-0.2, -0.15) is 5.10 Å². The van der Waals surface area contributed by atoms with Crippen molar-refractivity contribution in [1.29, 1.82) is 0 Å². The number of carbonyl (C=O) groups is 1. The number of likely N-dealkylation sites (tertiary alicyclic amines) is 1. The second kappa shape index (κ2) is 10.3. The van der Waals surface area contributed by atoms with Crippen LogP contribution < -0.4 is 10.5 Å². The van der Waals surface area contributed by atoms with Crippen LogP contribution in [0.1, 0.15) is 59.7 Å². The zero-order valence-electron chi connectivity index (χ0n) is 22.1. The number of rotatable bonds is 8. The van der Waals surface area contributed by atoms with Gasteiger partial charge in [-0.15, -0.1) is 0 Å². The zero-order valence-corrected chi connectivity index (χ0v) is 22.1. The summed E-state index contributed by atoms with van der Waals surface area (Å²) in [7, 11) is 2.13. The molecule has 1 aliphatic heterocycles. The monoisotopic (exact) mass is 497 g/mol. The molecular formula is C30H35N5O2. The first-order valence-corrected chi connectivity index (χ1v) is 13.1. The van der Waals surface area contributed by atoms with E-state index in [1.165, 1.54) is 6.42 Å². The quantitative estimate of drug-likeness (QED) is 0.364. The molecule has 2 aromatic heterocycles. The van der Waals surface area contributed by atoms with Crippen molar-refractivity contribution in [2.24, 2.45) is 5.73 Å². The molecule has 0 saturated carbocycles. The van der Waals surface area contributed by atoms with Crippen LogP contribution in [0, 0.1) is 6.92 Å². The smallest absolute Gasteiger partial charge is 0.249 e. The van der Waals surface area contributed by atoms with Crippen LogP contribution in [0.5, 0.6) is 5.75 Å². The maximum atomic E-state index is 12.4. The van der Waals surface area contributed by atoms with Crippen molar-refractivity contribution in [2.75, 3.05) is 20.2 Å². The van der Waals surface area contributed by atoms with E-state index in [1.807, 2.05) is 42.1 Å². The van der Waals surface area contributed by atoms with Gasteiger partial charge in [0.1, 0.15) is 18.1 Å². The molecule has 0 spiro atoms. The van der Waals surface area contributed by atoms with E-state index in [9.17, 15) is 4.79 Å². The van der Waals surface area contributed by atoms with Crippen LogP contribution in [0.2, 0.25) is 0 Å². The van der Waals surface area contributed by atoms with Crippen LogP contribution in [0.3, 0.4) is 0 Å². The predicted octanol–water partition coefficient (Wildman–Crippen LogP) is 5.15. The lowest BCUT2D eigenvalue weighted by atomic mass is 9.85. The number of hydrogen-bond donors (Lipinski definition) is 1. The van der Waals surface area contributed by atoms with Gasteiger partial charge in [0.2, 0.25) is 5.91 Å². The minimum absolute atomic E-state index is 0.0317. The predicted molar refractivity (Wildman–Crippen MR) is 147 cm³/mol. The number of fused-ring (bicyclic) bond motifs is 1. The standard InChI is InChI=1S/C30H35N5O2/c1-5-35-14-12-28(33-35)29-17-25(23-10-6-7-11-27(23)32-29)19(2)24-15-22(16-26(20(24)3)30(31)36)37-18-21-9-8-13-34(21)4/h6-7,10-12,14-17,19,21H,5,8-9,13,18H2,1-4H3,(H2,31,36)/t19-,21-/m1/s1. The highest BCUT2D eigenvalue weighted by molar-refractivity contribution is 5.95. The van der Waals surface area contributed by atoms with Crippen molar-refractivity contribution < 1.29 is 9.53 Å². The number of amides is 1. The fourth-order valence-corrected chi connectivity index (χ4v) is 5.41. The molecular weight excluding hydrogens is 462 g/mol. The van der Waals surface area contributed by atoms with Gasteiger partial charge in [0, 0.05) is 35.7 Å². The Morgan fingerprint density at radius 1 is 1.16 bits per heavy atom. The highest BCUT2D eigenvalue weighted by atomic mass is 16.5. The SMILES string of the molecule is CCn1ccc(-c2cc([C@H](C)c3cc(OC[C@H]4CCCN4C)cc(C(N)=O)c3C)c3ccccc3n2)n1. The Kier molecular flexibility index (Phi) is 6.98. The van der Waals surface area contributed by atoms with Crippen molar-refractivity contribution in [3.8, 4) is 17.1 Å². The van der Waals surface area contributed by atoms with Gasteiger partial charge in [-0.05, 0) is 87.3 Å². The first-order valence-electron chi connectivity index (χ1n) is 13.1. The van der Waals surface area contributed by atoms with Crippen molar-refractivity contribution in [2.45, 2.75) is 52.1 Å². The molecule has 1 aliphatic rings. The van der Waals surface area contributed by atoms with E-state index in [1.54, 1.807) is 6.07 Å². The summed E-state index contributed by atoms with van der Waals surface area (Å²) >= 11 is 0. The average molecular weight is 498 g/mol. The van der Waals surface area contributed by atoms with E-state index in [4.69, 9.17) is 15.5 Å². The molecule has 2 atom stereocenters. The summed E-state index contributed by atoms with van der Waals surface area (Å²) in [5.41, 5.74) is 11.9. The number of primary amides is 1. The third-order valence-corrected chi connectivity index (χ3v) is 7.71. The average Bonchev–Trinajstić information content (AvgIpc) is 3.55. The van der Waals surface area contributed by atoms with Crippen molar-refractivity contribution >= 4 is 16.8 Å². The van der Waals surface area contributed by atoms with Gasteiger partial charge < -0.3 is 15.4 Å². The molecule has 0 aliphatic carbocycles. The van der Waals surface area contributed by atoms with Gasteiger partial charge >= 0.3 is 0 Å². The number of aromatic nitrogens is 3. The van der Waals surface area contributed by atoms with Gasteiger partial charge in [-0.3, -0.25) is 9.48 Å². The summed E-state index contributed by atoms with van der Waals surface area (Å²) in [6.07, 6.45) is 4.27. The number of likely N-dealkylation sites (N-methyl/N-ethyl adjacent to an activating group) is 1. The third kappa shape index (κ3) is 4.96. The molecule has 4 aromatic rings. The molecule has 192 valence electrons. The third-order valence-electron chi connectivity index (χ3n) is 7.71. The minimum atomic E-state index is -0.445. The molecule has 1 fully saturated rings. The topological polar surface area (TPSA) is 86.3 Å². The highest BCUT2D eigenvalue weighted by Crippen LogP contribution is 2.37. The molecule has 0 unspecified atom stereocenters. The minimum Gasteiger partial charge on any atom is -0.492 e. The second-order valence-corrected chi connectivity index (χ2v) is 10.0. The van der Waals surface area contributed by atoms with Gasteiger partial charge in [0.05, 0.1) is 11.2 Å². The Hall–Kier alpha value is -3.71. The van der Waals surface area contributed by atoms with E-state index < -0.39 is 5.91 Å². The Bertz CT molecular complexity index is 1440. The highest BCUT2D eigenvalue weighted by Gasteiger charge is 2.24. The molecule has 5 rings (SSSR count). The van der Waals surface area contributed by atoms with Crippen molar-refractivity contribution in [3.05, 3.63) is 77.0 Å². The normalized spacial score (nSPS) is 16.8. The molecule has 37 heavy (non-hydrogen) atoms. The molecule has 7 heteroatoms. The van der Waals surface area contributed by atoms with Gasteiger partial charge in [-0.25, -0.2) is 4.98 Å². The second-order valence-electron chi connectivity index (χ2n) is 10.0. The number of nitrogens with two attached hydrogens (primary N) is 1.